The smallest absolute Gasteiger partial charge is 0.304 e. The molecule has 0 amide bonds. The number of hydrogen-bond donors (Lipinski definition) is 2. The van der Waals surface area contributed by atoms with Gasteiger partial charge in [0.25, 0.3) is 0 Å². The first kappa shape index (κ1) is 9.64. The Labute approximate surface area is 89.4 Å². The minimum Gasteiger partial charge on any atom is -0.315 e. The quantitative estimate of drug-likeness (QED) is 0.835. The maximum absolute atomic E-state index is 10.8. The summed E-state index contributed by atoms with van der Waals surface area (Å²) in [5.74, 6) is 0. The lowest BCUT2D eigenvalue weighted by Gasteiger charge is -1.99. The maximum Gasteiger partial charge on any atom is 0.304 e. The van der Waals surface area contributed by atoms with E-state index in [1.165, 1.54) is 16.9 Å². The van der Waals surface area contributed by atoms with Gasteiger partial charge in [-0.25, -0.2) is 0 Å². The third-order valence-electron chi connectivity index (χ3n) is 1.80. The van der Waals surface area contributed by atoms with E-state index in [1.807, 2.05) is 5.38 Å². The molecule has 5 heteroatoms. The molecule has 2 rings (SSSR count). The van der Waals surface area contributed by atoms with Crippen molar-refractivity contribution in [1.29, 1.82) is 0 Å². The number of hydrogen-bond acceptors (Lipinski definition) is 4. The molecule has 0 aromatic carbocycles. The number of thiazole rings is 1. The average Bonchev–Trinajstić information content (AvgIpc) is 2.77. The van der Waals surface area contributed by atoms with E-state index in [2.05, 4.69) is 27.1 Å². The molecule has 0 saturated heterocycles. The topological polar surface area (TPSA) is 44.9 Å². The van der Waals surface area contributed by atoms with Crippen molar-refractivity contribution in [2.24, 2.45) is 0 Å². The molecule has 2 aromatic heterocycles. The van der Waals surface area contributed by atoms with Crippen molar-refractivity contribution in [1.82, 2.24) is 10.3 Å². The highest BCUT2D eigenvalue weighted by atomic mass is 32.1. The summed E-state index contributed by atoms with van der Waals surface area (Å²) in [6.07, 6.45) is 0. The molecule has 0 fully saturated rings. The lowest BCUT2D eigenvalue weighted by molar-refractivity contribution is 0.683. The normalized spacial score (nSPS) is 10.6. The molecule has 14 heavy (non-hydrogen) atoms. The van der Waals surface area contributed by atoms with E-state index in [4.69, 9.17) is 0 Å². The van der Waals surface area contributed by atoms with E-state index >= 15 is 0 Å². The number of thiophene rings is 1. The molecule has 3 nitrogen and oxygen atoms in total. The Morgan fingerprint density at radius 2 is 2.29 bits per heavy atom. The van der Waals surface area contributed by atoms with Gasteiger partial charge >= 0.3 is 4.87 Å². The highest BCUT2D eigenvalue weighted by Gasteiger charge is 1.96. The number of aromatic nitrogens is 1. The fraction of sp³-hybridized carbons (Fsp3) is 0.222. The zero-order valence-corrected chi connectivity index (χ0v) is 9.08. The molecule has 2 heterocycles. The van der Waals surface area contributed by atoms with Crippen molar-refractivity contribution < 1.29 is 0 Å². The van der Waals surface area contributed by atoms with E-state index in [9.17, 15) is 4.79 Å². The molecule has 0 bridgehead atoms. The Hall–Kier alpha value is -0.910. The average molecular weight is 226 g/mol. The third kappa shape index (κ3) is 2.54. The van der Waals surface area contributed by atoms with E-state index in [0.717, 1.165) is 12.2 Å². The van der Waals surface area contributed by atoms with E-state index in [-0.39, 0.29) is 4.87 Å². The zero-order valence-electron chi connectivity index (χ0n) is 7.45. The van der Waals surface area contributed by atoms with Gasteiger partial charge in [-0.1, -0.05) is 11.3 Å². The van der Waals surface area contributed by atoms with Gasteiger partial charge in [-0.3, -0.25) is 4.79 Å². The largest absolute Gasteiger partial charge is 0.315 e. The van der Waals surface area contributed by atoms with E-state index in [0.29, 0.717) is 6.54 Å². The highest BCUT2D eigenvalue weighted by molar-refractivity contribution is 7.08. The van der Waals surface area contributed by atoms with Crippen LogP contribution in [0.3, 0.4) is 0 Å². The molecule has 2 aromatic rings. The van der Waals surface area contributed by atoms with Gasteiger partial charge in [-0.15, -0.1) is 0 Å². The summed E-state index contributed by atoms with van der Waals surface area (Å²) in [4.78, 5) is 13.6. The Morgan fingerprint density at radius 1 is 1.36 bits per heavy atom. The Kier molecular flexibility index (Phi) is 3.13. The maximum atomic E-state index is 10.8. The fourth-order valence-corrected chi connectivity index (χ4v) is 2.39. The first-order chi connectivity index (χ1) is 6.84. The first-order valence-electron chi connectivity index (χ1n) is 4.23. The van der Waals surface area contributed by atoms with Crippen LogP contribution in [0.5, 0.6) is 0 Å². The molecule has 0 saturated carbocycles. The second kappa shape index (κ2) is 4.54. The second-order valence-electron chi connectivity index (χ2n) is 2.91. The minimum absolute atomic E-state index is 0.0114. The van der Waals surface area contributed by atoms with Gasteiger partial charge < -0.3 is 10.3 Å². The van der Waals surface area contributed by atoms with Crippen molar-refractivity contribution in [2.75, 3.05) is 0 Å². The van der Waals surface area contributed by atoms with Crippen molar-refractivity contribution in [3.8, 4) is 0 Å². The fourth-order valence-electron chi connectivity index (χ4n) is 1.14. The van der Waals surface area contributed by atoms with Crippen molar-refractivity contribution in [3.63, 3.8) is 0 Å². The van der Waals surface area contributed by atoms with Gasteiger partial charge in [-0.2, -0.15) is 11.3 Å². The molecule has 2 N–H and O–H groups in total. The highest BCUT2D eigenvalue weighted by Crippen LogP contribution is 2.05. The van der Waals surface area contributed by atoms with Crippen molar-refractivity contribution in [3.05, 3.63) is 43.1 Å². The van der Waals surface area contributed by atoms with Gasteiger partial charge in [0.2, 0.25) is 0 Å². The van der Waals surface area contributed by atoms with Crippen LogP contribution in [0.2, 0.25) is 0 Å². The summed E-state index contributed by atoms with van der Waals surface area (Å²) in [6.45, 7) is 1.57. The minimum atomic E-state index is 0.0114. The zero-order chi connectivity index (χ0) is 9.80. The predicted molar refractivity (Wildman–Crippen MR) is 59.8 cm³/mol. The standard InChI is InChI=1S/C9H10N2OS2/c12-9-11-8(6-14-9)4-10-3-7-1-2-13-5-7/h1-2,5-6,10H,3-4H2,(H,11,12). The van der Waals surface area contributed by atoms with Crippen LogP contribution in [0.4, 0.5) is 0 Å². The third-order valence-corrected chi connectivity index (χ3v) is 3.25. The Balaban J connectivity index is 1.81. The molecule has 0 aliphatic heterocycles. The number of aromatic amines is 1. The molecule has 0 unspecified atom stereocenters. The summed E-state index contributed by atoms with van der Waals surface area (Å²) in [6, 6.07) is 2.09. The van der Waals surface area contributed by atoms with Crippen LogP contribution in [0.15, 0.2) is 27.0 Å². The monoisotopic (exact) mass is 226 g/mol. The molecule has 0 spiro atoms. The van der Waals surface area contributed by atoms with Gasteiger partial charge in [-0.05, 0) is 22.4 Å². The summed E-state index contributed by atoms with van der Waals surface area (Å²) in [7, 11) is 0. The molecular formula is C9H10N2OS2. The Bertz CT molecular complexity index is 430. The number of nitrogens with one attached hydrogen (secondary N) is 2. The lowest BCUT2D eigenvalue weighted by atomic mass is 10.3. The van der Waals surface area contributed by atoms with Crippen LogP contribution in [0, 0.1) is 0 Å². The van der Waals surface area contributed by atoms with Gasteiger partial charge in [0, 0.05) is 24.2 Å². The van der Waals surface area contributed by atoms with Crippen molar-refractivity contribution in [2.45, 2.75) is 13.1 Å². The molecule has 0 radical (unpaired) electrons. The van der Waals surface area contributed by atoms with Crippen LogP contribution >= 0.6 is 22.7 Å². The summed E-state index contributed by atoms with van der Waals surface area (Å²) < 4.78 is 0. The summed E-state index contributed by atoms with van der Waals surface area (Å²) in [5.41, 5.74) is 2.24. The summed E-state index contributed by atoms with van der Waals surface area (Å²) >= 11 is 2.90. The molecule has 0 aliphatic rings. The van der Waals surface area contributed by atoms with Crippen LogP contribution in [-0.2, 0) is 13.1 Å². The van der Waals surface area contributed by atoms with Crippen LogP contribution in [0.25, 0.3) is 0 Å². The van der Waals surface area contributed by atoms with Gasteiger partial charge in [0.15, 0.2) is 0 Å². The van der Waals surface area contributed by atoms with E-state index in [1.54, 1.807) is 11.3 Å². The van der Waals surface area contributed by atoms with E-state index < -0.39 is 0 Å². The van der Waals surface area contributed by atoms with Crippen molar-refractivity contribution >= 4 is 22.7 Å². The molecular weight excluding hydrogens is 216 g/mol. The Morgan fingerprint density at radius 3 is 2.93 bits per heavy atom. The molecule has 0 aliphatic carbocycles. The second-order valence-corrected chi connectivity index (χ2v) is 4.53. The number of H-pyrrole nitrogens is 1. The SMILES string of the molecule is O=c1[nH]c(CNCc2ccsc2)cs1. The number of rotatable bonds is 4. The van der Waals surface area contributed by atoms with Gasteiger partial charge in [0.05, 0.1) is 0 Å². The molecule has 74 valence electrons. The van der Waals surface area contributed by atoms with Crippen LogP contribution in [0.1, 0.15) is 11.3 Å². The summed E-state index contributed by atoms with van der Waals surface area (Å²) in [5, 5.41) is 9.28. The van der Waals surface area contributed by atoms with Crippen LogP contribution in [-0.4, -0.2) is 4.98 Å². The molecule has 0 atom stereocenters. The van der Waals surface area contributed by atoms with Gasteiger partial charge in [0.1, 0.15) is 0 Å². The predicted octanol–water partition coefficient (Wildman–Crippen LogP) is 1.79. The lowest BCUT2D eigenvalue weighted by Crippen LogP contribution is -2.13. The first-order valence-corrected chi connectivity index (χ1v) is 6.05. The van der Waals surface area contributed by atoms with Crippen LogP contribution < -0.4 is 10.2 Å².